The third-order valence-electron chi connectivity index (χ3n) is 1.78. The number of aromatic amines is 1. The van der Waals surface area contributed by atoms with E-state index in [1.54, 1.807) is 6.92 Å². The molecule has 1 rings (SSSR count). The lowest BCUT2D eigenvalue weighted by atomic mass is 10.2. The van der Waals surface area contributed by atoms with Crippen LogP contribution in [0.2, 0.25) is 0 Å². The maximum atomic E-state index is 11.3. The molecule has 0 saturated carbocycles. The number of nitrogens with zero attached hydrogens (tertiary/aromatic N) is 1. The van der Waals surface area contributed by atoms with Crippen LogP contribution in [0.1, 0.15) is 18.3 Å². The van der Waals surface area contributed by atoms with Crippen LogP contribution >= 0.6 is 0 Å². The van der Waals surface area contributed by atoms with Crippen LogP contribution in [0.3, 0.4) is 0 Å². The molecule has 0 fully saturated rings. The molecular weight excluding hydrogens is 170 g/mol. The Bertz CT molecular complexity index is 346. The molecule has 0 aromatic carbocycles. The minimum Gasteiger partial charge on any atom is -0.493 e. The summed E-state index contributed by atoms with van der Waals surface area (Å²) in [5.74, 6) is 0.247. The molecule has 5 nitrogen and oxygen atoms in total. The molecule has 0 unspecified atom stereocenters. The van der Waals surface area contributed by atoms with Crippen LogP contribution in [-0.2, 0) is 12.8 Å². The normalized spacial score (nSPS) is 10.3. The SMILES string of the molecule is CCc1c(O)nc(CCN)[nH]c1=O. The maximum absolute atomic E-state index is 11.3. The molecule has 0 bridgehead atoms. The van der Waals surface area contributed by atoms with Gasteiger partial charge in [0.25, 0.3) is 5.56 Å². The van der Waals surface area contributed by atoms with E-state index < -0.39 is 0 Å². The predicted octanol–water partition coefficient (Wildman–Crippen LogP) is -0.461. The molecule has 0 spiro atoms. The number of H-pyrrole nitrogens is 1. The fourth-order valence-corrected chi connectivity index (χ4v) is 1.11. The summed E-state index contributed by atoms with van der Waals surface area (Å²) in [5.41, 5.74) is 5.33. The standard InChI is InChI=1S/C8H13N3O2/c1-2-5-7(12)10-6(3-4-9)11-8(5)13/h2-4,9H2,1H3,(H2,10,11,12,13). The second kappa shape index (κ2) is 4.04. The molecule has 0 saturated heterocycles. The van der Waals surface area contributed by atoms with Gasteiger partial charge in [-0.25, -0.2) is 4.98 Å². The smallest absolute Gasteiger partial charge is 0.257 e. The van der Waals surface area contributed by atoms with Gasteiger partial charge in [0.05, 0.1) is 5.56 Å². The summed E-state index contributed by atoms with van der Waals surface area (Å²) in [7, 11) is 0. The first kappa shape index (κ1) is 9.73. The molecular formula is C8H13N3O2. The fourth-order valence-electron chi connectivity index (χ4n) is 1.11. The molecule has 0 radical (unpaired) electrons. The van der Waals surface area contributed by atoms with Crippen LogP contribution in [-0.4, -0.2) is 21.6 Å². The van der Waals surface area contributed by atoms with Crippen molar-refractivity contribution in [3.05, 3.63) is 21.7 Å². The molecule has 13 heavy (non-hydrogen) atoms. The number of nitrogens with two attached hydrogens (primary N) is 1. The highest BCUT2D eigenvalue weighted by Gasteiger charge is 2.07. The Morgan fingerprint density at radius 1 is 1.62 bits per heavy atom. The van der Waals surface area contributed by atoms with E-state index in [1.807, 2.05) is 0 Å². The van der Waals surface area contributed by atoms with Crippen molar-refractivity contribution < 1.29 is 5.11 Å². The van der Waals surface area contributed by atoms with Crippen molar-refractivity contribution in [2.45, 2.75) is 19.8 Å². The highest BCUT2D eigenvalue weighted by atomic mass is 16.3. The summed E-state index contributed by atoms with van der Waals surface area (Å²) in [6.07, 6.45) is 0.934. The van der Waals surface area contributed by atoms with Crippen molar-refractivity contribution in [3.63, 3.8) is 0 Å². The number of nitrogens with one attached hydrogen (secondary N) is 1. The van der Waals surface area contributed by atoms with Gasteiger partial charge in [0.15, 0.2) is 0 Å². The van der Waals surface area contributed by atoms with Gasteiger partial charge in [-0.15, -0.1) is 0 Å². The Labute approximate surface area is 75.6 Å². The van der Waals surface area contributed by atoms with Gasteiger partial charge in [0, 0.05) is 6.42 Å². The average molecular weight is 183 g/mol. The zero-order valence-electron chi connectivity index (χ0n) is 7.50. The highest BCUT2D eigenvalue weighted by Crippen LogP contribution is 2.08. The van der Waals surface area contributed by atoms with E-state index in [1.165, 1.54) is 0 Å². The quantitative estimate of drug-likeness (QED) is 0.591. The second-order valence-corrected chi connectivity index (χ2v) is 2.71. The molecule has 0 atom stereocenters. The Morgan fingerprint density at radius 3 is 2.77 bits per heavy atom. The van der Waals surface area contributed by atoms with E-state index in [0.29, 0.717) is 30.8 Å². The van der Waals surface area contributed by atoms with Crippen molar-refractivity contribution in [1.82, 2.24) is 9.97 Å². The topological polar surface area (TPSA) is 92.0 Å². The van der Waals surface area contributed by atoms with Gasteiger partial charge in [-0.3, -0.25) is 4.79 Å². The van der Waals surface area contributed by atoms with Gasteiger partial charge < -0.3 is 15.8 Å². The Morgan fingerprint density at radius 2 is 2.31 bits per heavy atom. The predicted molar refractivity (Wildman–Crippen MR) is 48.7 cm³/mol. The molecule has 4 N–H and O–H groups in total. The van der Waals surface area contributed by atoms with Gasteiger partial charge in [0.2, 0.25) is 5.88 Å². The Kier molecular flexibility index (Phi) is 3.02. The lowest BCUT2D eigenvalue weighted by molar-refractivity contribution is 0.440. The lowest BCUT2D eigenvalue weighted by Gasteiger charge is -2.02. The largest absolute Gasteiger partial charge is 0.493 e. The summed E-state index contributed by atoms with van der Waals surface area (Å²) in [6, 6.07) is 0. The van der Waals surface area contributed by atoms with Gasteiger partial charge in [-0.05, 0) is 13.0 Å². The number of aromatic nitrogens is 2. The Hall–Kier alpha value is -1.36. The number of rotatable bonds is 3. The minimum absolute atomic E-state index is 0.185. The first-order valence-electron chi connectivity index (χ1n) is 4.20. The van der Waals surface area contributed by atoms with E-state index in [0.717, 1.165) is 0 Å². The first-order chi connectivity index (χ1) is 6.19. The molecule has 0 aliphatic heterocycles. The number of hydrogen-bond donors (Lipinski definition) is 3. The van der Waals surface area contributed by atoms with E-state index in [2.05, 4.69) is 9.97 Å². The zero-order chi connectivity index (χ0) is 9.84. The van der Waals surface area contributed by atoms with Crippen LogP contribution in [0.4, 0.5) is 0 Å². The third-order valence-corrected chi connectivity index (χ3v) is 1.78. The summed E-state index contributed by atoms with van der Waals surface area (Å²) >= 11 is 0. The molecule has 72 valence electrons. The summed E-state index contributed by atoms with van der Waals surface area (Å²) in [6.45, 7) is 2.18. The van der Waals surface area contributed by atoms with E-state index in [-0.39, 0.29) is 11.4 Å². The van der Waals surface area contributed by atoms with E-state index >= 15 is 0 Å². The minimum atomic E-state index is -0.279. The summed E-state index contributed by atoms with van der Waals surface area (Å²) in [4.78, 5) is 17.6. The van der Waals surface area contributed by atoms with Crippen molar-refractivity contribution in [2.75, 3.05) is 6.54 Å². The summed E-state index contributed by atoms with van der Waals surface area (Å²) < 4.78 is 0. The molecule has 1 heterocycles. The molecule has 0 aliphatic carbocycles. The second-order valence-electron chi connectivity index (χ2n) is 2.71. The van der Waals surface area contributed by atoms with Crippen molar-refractivity contribution in [1.29, 1.82) is 0 Å². The van der Waals surface area contributed by atoms with Gasteiger partial charge >= 0.3 is 0 Å². The highest BCUT2D eigenvalue weighted by molar-refractivity contribution is 5.22. The van der Waals surface area contributed by atoms with Gasteiger partial charge in [-0.1, -0.05) is 6.92 Å². The van der Waals surface area contributed by atoms with Crippen molar-refractivity contribution in [2.24, 2.45) is 5.73 Å². The molecule has 1 aromatic heterocycles. The first-order valence-corrected chi connectivity index (χ1v) is 4.20. The maximum Gasteiger partial charge on any atom is 0.257 e. The van der Waals surface area contributed by atoms with Crippen LogP contribution in [0.5, 0.6) is 5.88 Å². The average Bonchev–Trinajstić information content (AvgIpc) is 2.04. The molecule has 0 amide bonds. The lowest BCUT2D eigenvalue weighted by Crippen LogP contribution is -2.18. The number of aromatic hydroxyl groups is 1. The van der Waals surface area contributed by atoms with E-state index in [4.69, 9.17) is 5.73 Å². The van der Waals surface area contributed by atoms with Crippen LogP contribution in [0.15, 0.2) is 4.79 Å². The monoisotopic (exact) mass is 183 g/mol. The van der Waals surface area contributed by atoms with Crippen molar-refractivity contribution >= 4 is 0 Å². The summed E-state index contributed by atoms with van der Waals surface area (Å²) in [5, 5.41) is 9.33. The van der Waals surface area contributed by atoms with E-state index in [9.17, 15) is 9.90 Å². The van der Waals surface area contributed by atoms with Crippen LogP contribution < -0.4 is 11.3 Å². The zero-order valence-corrected chi connectivity index (χ0v) is 7.50. The number of hydrogen-bond acceptors (Lipinski definition) is 4. The van der Waals surface area contributed by atoms with Gasteiger partial charge in [-0.2, -0.15) is 0 Å². The van der Waals surface area contributed by atoms with Gasteiger partial charge in [0.1, 0.15) is 5.82 Å². The molecule has 1 aromatic rings. The van der Waals surface area contributed by atoms with Crippen LogP contribution in [0.25, 0.3) is 0 Å². The van der Waals surface area contributed by atoms with Crippen LogP contribution in [0, 0.1) is 0 Å². The molecule has 0 aliphatic rings. The van der Waals surface area contributed by atoms with Crippen molar-refractivity contribution in [3.8, 4) is 5.88 Å². The Balaban J connectivity index is 3.13. The third kappa shape index (κ3) is 2.06. The molecule has 5 heteroatoms. The fraction of sp³-hybridized carbons (Fsp3) is 0.500.